The zero-order valence-corrected chi connectivity index (χ0v) is 13.1. The number of likely N-dealkylation sites (N-methyl/N-ethyl adjacent to an activating group) is 1. The lowest BCUT2D eigenvalue weighted by Crippen LogP contribution is -2.49. The average Bonchev–Trinajstić information content (AvgIpc) is 2.72. The second-order valence-corrected chi connectivity index (χ2v) is 5.49. The van der Waals surface area contributed by atoms with E-state index in [0.29, 0.717) is 13.0 Å². The van der Waals surface area contributed by atoms with E-state index in [1.54, 1.807) is 7.05 Å². The van der Waals surface area contributed by atoms with E-state index in [4.69, 9.17) is 14.2 Å². The SMILES string of the molecule is CC(=O)OCC(COC(=O)C[N+]1(C)CCCC1=O)OC(C)=O. The van der Waals surface area contributed by atoms with Gasteiger partial charge < -0.3 is 14.2 Å². The number of carbonyl (C=O) groups excluding carboxylic acids is 4. The monoisotopic (exact) mass is 316 g/mol. The van der Waals surface area contributed by atoms with Crippen LogP contribution in [0, 0.1) is 0 Å². The molecule has 1 fully saturated rings. The predicted molar refractivity (Wildman–Crippen MR) is 73.3 cm³/mol. The average molecular weight is 316 g/mol. The third-order valence-electron chi connectivity index (χ3n) is 3.36. The highest BCUT2D eigenvalue weighted by Gasteiger charge is 2.39. The molecule has 1 saturated heterocycles. The number of quaternary nitrogens is 1. The van der Waals surface area contributed by atoms with Crippen LogP contribution in [0.4, 0.5) is 0 Å². The van der Waals surface area contributed by atoms with E-state index in [2.05, 4.69) is 0 Å². The lowest BCUT2D eigenvalue weighted by atomic mass is 10.4. The lowest BCUT2D eigenvalue weighted by Gasteiger charge is -2.25. The summed E-state index contributed by atoms with van der Waals surface area (Å²) in [4.78, 5) is 45.3. The molecule has 22 heavy (non-hydrogen) atoms. The molecule has 0 aromatic rings. The fraction of sp³-hybridized carbons (Fsp3) is 0.714. The molecule has 0 aromatic heterocycles. The van der Waals surface area contributed by atoms with Crippen molar-refractivity contribution in [2.24, 2.45) is 0 Å². The van der Waals surface area contributed by atoms with Gasteiger partial charge in [0.25, 0.3) is 0 Å². The molecule has 1 amide bonds. The van der Waals surface area contributed by atoms with Crippen LogP contribution in [0.3, 0.4) is 0 Å². The molecule has 1 aliphatic rings. The second kappa shape index (κ2) is 7.88. The van der Waals surface area contributed by atoms with Crippen molar-refractivity contribution in [2.45, 2.75) is 32.8 Å². The number of rotatable bonds is 7. The second-order valence-electron chi connectivity index (χ2n) is 5.49. The molecule has 8 heteroatoms. The molecule has 0 spiro atoms. The summed E-state index contributed by atoms with van der Waals surface area (Å²) in [5.74, 6) is -1.64. The van der Waals surface area contributed by atoms with Gasteiger partial charge in [-0.3, -0.25) is 14.1 Å². The van der Waals surface area contributed by atoms with Crippen LogP contribution < -0.4 is 0 Å². The molecule has 2 atom stereocenters. The lowest BCUT2D eigenvalue weighted by molar-refractivity contribution is -0.818. The van der Waals surface area contributed by atoms with Crippen molar-refractivity contribution in [1.29, 1.82) is 0 Å². The zero-order valence-electron chi connectivity index (χ0n) is 13.1. The highest BCUT2D eigenvalue weighted by atomic mass is 16.6. The third kappa shape index (κ3) is 5.80. The highest BCUT2D eigenvalue weighted by Crippen LogP contribution is 2.18. The molecule has 0 N–H and O–H groups in total. The summed E-state index contributed by atoms with van der Waals surface area (Å²) in [5.41, 5.74) is 0. The number of amides is 1. The Labute approximate surface area is 128 Å². The quantitative estimate of drug-likeness (QED) is 0.364. The molecular formula is C14H22NO7+. The molecule has 1 rings (SSSR count). The number of hydrogen-bond acceptors (Lipinski definition) is 7. The third-order valence-corrected chi connectivity index (χ3v) is 3.36. The van der Waals surface area contributed by atoms with E-state index in [9.17, 15) is 19.2 Å². The van der Waals surface area contributed by atoms with Crippen molar-refractivity contribution in [2.75, 3.05) is 33.4 Å². The Morgan fingerprint density at radius 2 is 1.77 bits per heavy atom. The summed E-state index contributed by atoms with van der Waals surface area (Å²) >= 11 is 0. The first-order valence-corrected chi connectivity index (χ1v) is 7.07. The Kier molecular flexibility index (Phi) is 6.48. The van der Waals surface area contributed by atoms with Crippen molar-refractivity contribution in [3.63, 3.8) is 0 Å². The Bertz CT molecular complexity index is 462. The van der Waals surface area contributed by atoms with Crippen molar-refractivity contribution in [1.82, 2.24) is 0 Å². The normalized spacial score (nSPS) is 22.0. The van der Waals surface area contributed by atoms with Crippen molar-refractivity contribution >= 4 is 23.8 Å². The summed E-state index contributed by atoms with van der Waals surface area (Å²) in [6, 6.07) is 0. The van der Waals surface area contributed by atoms with Gasteiger partial charge in [0.15, 0.2) is 12.6 Å². The van der Waals surface area contributed by atoms with E-state index in [1.165, 1.54) is 13.8 Å². The standard InChI is InChI=1S/C14H22NO7/c1-10(16)20-8-12(22-11(2)17)9-21-14(19)7-15(3)6-4-5-13(15)18/h12H,4-9H2,1-3H3/q+1. The van der Waals surface area contributed by atoms with Gasteiger partial charge in [0.2, 0.25) is 0 Å². The van der Waals surface area contributed by atoms with Gasteiger partial charge >= 0.3 is 23.8 Å². The maximum absolute atomic E-state index is 11.8. The van der Waals surface area contributed by atoms with Gasteiger partial charge in [-0.25, -0.2) is 9.59 Å². The number of nitrogens with zero attached hydrogens (tertiary/aromatic N) is 1. The van der Waals surface area contributed by atoms with E-state index in [-0.39, 0.29) is 30.1 Å². The van der Waals surface area contributed by atoms with Crippen LogP contribution in [0.5, 0.6) is 0 Å². The van der Waals surface area contributed by atoms with Crippen LogP contribution in [0.15, 0.2) is 0 Å². The number of hydrogen-bond donors (Lipinski definition) is 0. The van der Waals surface area contributed by atoms with Crippen LogP contribution in [-0.2, 0) is 33.4 Å². The first-order valence-electron chi connectivity index (χ1n) is 7.07. The maximum atomic E-state index is 11.8. The first-order chi connectivity index (χ1) is 10.2. The highest BCUT2D eigenvalue weighted by molar-refractivity contribution is 5.76. The Morgan fingerprint density at radius 1 is 1.14 bits per heavy atom. The minimum Gasteiger partial charge on any atom is -0.462 e. The van der Waals surface area contributed by atoms with Crippen LogP contribution in [0.25, 0.3) is 0 Å². The molecule has 8 nitrogen and oxygen atoms in total. The zero-order chi connectivity index (χ0) is 16.8. The van der Waals surface area contributed by atoms with Crippen LogP contribution in [-0.4, -0.2) is 67.8 Å². The van der Waals surface area contributed by atoms with Gasteiger partial charge in [-0.15, -0.1) is 0 Å². The van der Waals surface area contributed by atoms with Gasteiger partial charge in [0, 0.05) is 20.3 Å². The molecule has 0 saturated carbocycles. The van der Waals surface area contributed by atoms with Crippen molar-refractivity contribution in [3.05, 3.63) is 0 Å². The molecule has 1 aliphatic heterocycles. The van der Waals surface area contributed by atoms with Crippen molar-refractivity contribution < 1.29 is 37.9 Å². The van der Waals surface area contributed by atoms with Crippen LogP contribution >= 0.6 is 0 Å². The minimum absolute atomic E-state index is 0.00778. The Hall–Kier alpha value is -1.96. The van der Waals surface area contributed by atoms with Gasteiger partial charge in [-0.2, -0.15) is 0 Å². The Morgan fingerprint density at radius 3 is 2.27 bits per heavy atom. The molecular weight excluding hydrogens is 294 g/mol. The van der Waals surface area contributed by atoms with Gasteiger partial charge in [0.1, 0.15) is 13.2 Å². The molecule has 0 radical (unpaired) electrons. The molecule has 0 bridgehead atoms. The summed E-state index contributed by atoms with van der Waals surface area (Å²) in [7, 11) is 1.69. The first kappa shape index (κ1) is 18.1. The summed E-state index contributed by atoms with van der Waals surface area (Å²) < 4.78 is 14.7. The van der Waals surface area contributed by atoms with Crippen LogP contribution in [0.2, 0.25) is 0 Å². The topological polar surface area (TPSA) is 96.0 Å². The van der Waals surface area contributed by atoms with Gasteiger partial charge in [-0.1, -0.05) is 0 Å². The summed E-state index contributed by atoms with van der Waals surface area (Å²) in [6.45, 7) is 2.57. The number of likely N-dealkylation sites (tertiary alicyclic amines) is 1. The fourth-order valence-electron chi connectivity index (χ4n) is 2.22. The van der Waals surface area contributed by atoms with Crippen LogP contribution in [0.1, 0.15) is 26.7 Å². The largest absolute Gasteiger partial charge is 0.462 e. The fourth-order valence-corrected chi connectivity index (χ4v) is 2.22. The number of carbonyl (C=O) groups is 4. The van der Waals surface area contributed by atoms with Gasteiger partial charge in [-0.05, 0) is 0 Å². The predicted octanol–water partition coefficient (Wildman–Crippen LogP) is -0.209. The molecule has 0 aliphatic carbocycles. The van der Waals surface area contributed by atoms with E-state index in [1.807, 2.05) is 0 Å². The summed E-state index contributed by atoms with van der Waals surface area (Å²) in [6.07, 6.45) is 0.363. The van der Waals surface area contributed by atoms with E-state index >= 15 is 0 Å². The molecule has 0 aromatic carbocycles. The maximum Gasteiger partial charge on any atom is 0.362 e. The molecule has 1 heterocycles. The molecule has 2 unspecified atom stereocenters. The van der Waals surface area contributed by atoms with Crippen molar-refractivity contribution in [3.8, 4) is 0 Å². The van der Waals surface area contributed by atoms with E-state index < -0.39 is 24.0 Å². The van der Waals surface area contributed by atoms with E-state index in [0.717, 1.165) is 6.42 Å². The Balaban J connectivity index is 2.45. The van der Waals surface area contributed by atoms with Gasteiger partial charge in [0.05, 0.1) is 20.0 Å². The minimum atomic E-state index is -0.857. The number of esters is 3. The molecule has 124 valence electrons. The summed E-state index contributed by atoms with van der Waals surface area (Å²) in [5, 5.41) is 0. The smallest absolute Gasteiger partial charge is 0.362 e. The number of ether oxygens (including phenoxy) is 3.